The Kier molecular flexibility index (Phi) is 4.54. The van der Waals surface area contributed by atoms with Gasteiger partial charge in [-0.3, -0.25) is 0 Å². The topological polar surface area (TPSA) is 77.3 Å². The van der Waals surface area contributed by atoms with Gasteiger partial charge in [0.05, 0.1) is 18.9 Å². The third-order valence-corrected chi connectivity index (χ3v) is 4.65. The number of sulfonamides is 1. The molecule has 108 valence electrons. The third-order valence-electron chi connectivity index (χ3n) is 3.36. The Morgan fingerprint density at radius 2 is 2.26 bits per heavy atom. The quantitative estimate of drug-likeness (QED) is 0.784. The SMILES string of the molecule is COCCn1cnnc1[C@H]1CCCCN1S(C)(=O)=O. The van der Waals surface area contributed by atoms with Gasteiger partial charge in [-0.1, -0.05) is 6.42 Å². The summed E-state index contributed by atoms with van der Waals surface area (Å²) in [5.74, 6) is 0.710. The van der Waals surface area contributed by atoms with Crippen LogP contribution in [-0.2, 0) is 21.3 Å². The Morgan fingerprint density at radius 1 is 1.47 bits per heavy atom. The normalized spacial score (nSPS) is 21.7. The van der Waals surface area contributed by atoms with Crippen LogP contribution in [0.25, 0.3) is 0 Å². The third kappa shape index (κ3) is 3.31. The minimum absolute atomic E-state index is 0.205. The fourth-order valence-electron chi connectivity index (χ4n) is 2.44. The van der Waals surface area contributed by atoms with Gasteiger partial charge in [0.15, 0.2) is 5.82 Å². The van der Waals surface area contributed by atoms with Gasteiger partial charge in [-0.2, -0.15) is 4.31 Å². The first kappa shape index (κ1) is 14.4. The Bertz CT molecular complexity index is 514. The maximum absolute atomic E-state index is 11.9. The van der Waals surface area contributed by atoms with Crippen molar-refractivity contribution in [1.29, 1.82) is 0 Å². The fraction of sp³-hybridized carbons (Fsp3) is 0.818. The van der Waals surface area contributed by atoms with Crippen LogP contribution in [0.15, 0.2) is 6.33 Å². The predicted molar refractivity (Wildman–Crippen MR) is 70.0 cm³/mol. The molecule has 0 saturated carbocycles. The summed E-state index contributed by atoms with van der Waals surface area (Å²) in [5, 5.41) is 8.01. The van der Waals surface area contributed by atoms with E-state index in [1.54, 1.807) is 13.4 Å². The summed E-state index contributed by atoms with van der Waals surface area (Å²) in [6.07, 6.45) is 5.58. The number of hydrogen-bond donors (Lipinski definition) is 0. The first-order valence-corrected chi connectivity index (χ1v) is 8.22. The van der Waals surface area contributed by atoms with Gasteiger partial charge in [0.1, 0.15) is 6.33 Å². The standard InChI is InChI=1S/C11H20N4O3S/c1-18-8-7-14-9-12-13-11(14)10-5-3-4-6-15(10)19(2,16)17/h9-10H,3-8H2,1-2H3/t10-/m1/s1. The molecule has 0 radical (unpaired) electrons. The number of hydrogen-bond acceptors (Lipinski definition) is 5. The van der Waals surface area contributed by atoms with Crippen LogP contribution in [0.1, 0.15) is 31.1 Å². The first-order valence-electron chi connectivity index (χ1n) is 6.37. The highest BCUT2D eigenvalue weighted by Gasteiger charge is 2.33. The molecule has 0 amide bonds. The highest BCUT2D eigenvalue weighted by molar-refractivity contribution is 7.88. The molecule has 1 saturated heterocycles. The molecule has 0 spiro atoms. The molecule has 2 heterocycles. The molecule has 0 aliphatic carbocycles. The maximum Gasteiger partial charge on any atom is 0.211 e. The van der Waals surface area contributed by atoms with Gasteiger partial charge >= 0.3 is 0 Å². The minimum Gasteiger partial charge on any atom is -0.383 e. The van der Waals surface area contributed by atoms with Gasteiger partial charge in [0.25, 0.3) is 0 Å². The van der Waals surface area contributed by atoms with Crippen LogP contribution < -0.4 is 0 Å². The van der Waals surface area contributed by atoms with E-state index in [9.17, 15) is 8.42 Å². The summed E-state index contributed by atoms with van der Waals surface area (Å²) >= 11 is 0. The predicted octanol–water partition coefficient (Wildman–Crippen LogP) is 0.411. The Balaban J connectivity index is 2.25. The van der Waals surface area contributed by atoms with Crippen molar-refractivity contribution in [1.82, 2.24) is 19.1 Å². The molecule has 19 heavy (non-hydrogen) atoms. The molecular weight excluding hydrogens is 268 g/mol. The van der Waals surface area contributed by atoms with Crippen molar-refractivity contribution in [3.05, 3.63) is 12.2 Å². The van der Waals surface area contributed by atoms with Gasteiger partial charge in [0.2, 0.25) is 10.0 Å². The number of rotatable bonds is 5. The lowest BCUT2D eigenvalue weighted by Crippen LogP contribution is -2.39. The molecule has 1 fully saturated rings. The molecular formula is C11H20N4O3S. The van der Waals surface area contributed by atoms with Crippen LogP contribution in [0.2, 0.25) is 0 Å². The van der Waals surface area contributed by atoms with Gasteiger partial charge in [-0.05, 0) is 12.8 Å². The maximum atomic E-state index is 11.9. The highest BCUT2D eigenvalue weighted by Crippen LogP contribution is 2.31. The van der Waals surface area contributed by atoms with E-state index in [-0.39, 0.29) is 6.04 Å². The number of nitrogens with zero attached hydrogens (tertiary/aromatic N) is 4. The second-order valence-corrected chi connectivity index (χ2v) is 6.70. The van der Waals surface area contributed by atoms with E-state index in [0.29, 0.717) is 25.5 Å². The Morgan fingerprint density at radius 3 is 2.95 bits per heavy atom. The lowest BCUT2D eigenvalue weighted by molar-refractivity contribution is 0.181. The number of aromatic nitrogens is 3. The second-order valence-electron chi connectivity index (χ2n) is 4.76. The van der Waals surface area contributed by atoms with Crippen molar-refractivity contribution in [2.45, 2.75) is 31.8 Å². The smallest absolute Gasteiger partial charge is 0.211 e. The van der Waals surface area contributed by atoms with Crippen molar-refractivity contribution in [3.8, 4) is 0 Å². The molecule has 1 aliphatic heterocycles. The Hall–Kier alpha value is -0.990. The summed E-state index contributed by atoms with van der Waals surface area (Å²) < 4.78 is 32.2. The zero-order chi connectivity index (χ0) is 13.9. The molecule has 1 aromatic heterocycles. The van der Waals surface area contributed by atoms with Gasteiger partial charge in [0, 0.05) is 20.2 Å². The lowest BCUT2D eigenvalue weighted by atomic mass is 10.0. The highest BCUT2D eigenvalue weighted by atomic mass is 32.2. The van der Waals surface area contributed by atoms with E-state index >= 15 is 0 Å². The summed E-state index contributed by atoms with van der Waals surface area (Å²) in [6, 6.07) is -0.205. The van der Waals surface area contributed by atoms with Crippen LogP contribution in [0.5, 0.6) is 0 Å². The molecule has 1 aromatic rings. The summed E-state index contributed by atoms with van der Waals surface area (Å²) in [6.45, 7) is 1.74. The molecule has 7 nitrogen and oxygen atoms in total. The van der Waals surface area contributed by atoms with Crippen LogP contribution in [0.3, 0.4) is 0 Å². The van der Waals surface area contributed by atoms with Crippen molar-refractivity contribution in [2.75, 3.05) is 26.5 Å². The molecule has 1 aliphatic rings. The molecule has 2 rings (SSSR count). The van der Waals surface area contributed by atoms with E-state index in [0.717, 1.165) is 19.3 Å². The zero-order valence-corrected chi connectivity index (χ0v) is 12.1. The van der Waals surface area contributed by atoms with Crippen LogP contribution in [0, 0.1) is 0 Å². The fourth-order valence-corrected chi connectivity index (χ4v) is 3.57. The van der Waals surface area contributed by atoms with Gasteiger partial charge < -0.3 is 9.30 Å². The largest absolute Gasteiger partial charge is 0.383 e. The number of ether oxygens (including phenoxy) is 1. The molecule has 0 bridgehead atoms. The first-order chi connectivity index (χ1) is 9.04. The van der Waals surface area contributed by atoms with Gasteiger partial charge in [-0.25, -0.2) is 8.42 Å². The van der Waals surface area contributed by atoms with Crippen molar-refractivity contribution < 1.29 is 13.2 Å². The van der Waals surface area contributed by atoms with Crippen molar-refractivity contribution in [2.24, 2.45) is 0 Å². The van der Waals surface area contributed by atoms with Crippen LogP contribution in [0.4, 0.5) is 0 Å². The average molecular weight is 288 g/mol. The molecule has 0 aromatic carbocycles. The van der Waals surface area contributed by atoms with E-state index in [2.05, 4.69) is 10.2 Å². The van der Waals surface area contributed by atoms with Crippen molar-refractivity contribution in [3.63, 3.8) is 0 Å². The van der Waals surface area contributed by atoms with E-state index < -0.39 is 10.0 Å². The monoisotopic (exact) mass is 288 g/mol. The molecule has 8 heteroatoms. The summed E-state index contributed by atoms with van der Waals surface area (Å²) in [7, 11) is -1.58. The summed E-state index contributed by atoms with van der Waals surface area (Å²) in [5.41, 5.74) is 0. The lowest BCUT2D eigenvalue weighted by Gasteiger charge is -2.33. The average Bonchev–Trinajstić information content (AvgIpc) is 2.83. The van der Waals surface area contributed by atoms with E-state index in [1.165, 1.54) is 10.6 Å². The zero-order valence-electron chi connectivity index (χ0n) is 11.3. The molecule has 0 unspecified atom stereocenters. The van der Waals surface area contributed by atoms with Crippen molar-refractivity contribution >= 4 is 10.0 Å². The van der Waals surface area contributed by atoms with E-state index in [4.69, 9.17) is 4.74 Å². The van der Waals surface area contributed by atoms with E-state index in [1.807, 2.05) is 4.57 Å². The van der Waals surface area contributed by atoms with Crippen LogP contribution >= 0.6 is 0 Å². The van der Waals surface area contributed by atoms with Crippen LogP contribution in [-0.4, -0.2) is 54.0 Å². The number of piperidine rings is 1. The molecule has 0 N–H and O–H groups in total. The molecule has 1 atom stereocenters. The Labute approximate surface area is 113 Å². The van der Waals surface area contributed by atoms with Gasteiger partial charge in [-0.15, -0.1) is 10.2 Å². The number of methoxy groups -OCH3 is 1. The second kappa shape index (κ2) is 5.98. The minimum atomic E-state index is -3.22. The summed E-state index contributed by atoms with van der Waals surface area (Å²) in [4.78, 5) is 0.